The van der Waals surface area contributed by atoms with E-state index in [1.807, 2.05) is 60.7 Å². The predicted molar refractivity (Wildman–Crippen MR) is 130 cm³/mol. The number of para-hydroxylation sites is 1. The summed E-state index contributed by atoms with van der Waals surface area (Å²) in [6.07, 6.45) is 0.654. The monoisotopic (exact) mass is 478 g/mol. The van der Waals surface area contributed by atoms with Crippen molar-refractivity contribution >= 4 is 11.8 Å². The Bertz CT molecular complexity index is 1040. The highest BCUT2D eigenvalue weighted by Gasteiger charge is 2.25. The number of nitrogens with one attached hydrogen (secondary N) is 2. The number of carbonyl (C=O) groups excluding carboxylic acids is 2. The molecule has 0 aliphatic rings. The molecule has 3 rings (SSSR count). The molecule has 0 aliphatic heterocycles. The number of benzene rings is 3. The Hall–Kier alpha value is -3.72. The van der Waals surface area contributed by atoms with Crippen LogP contribution in [-0.4, -0.2) is 43.6 Å². The van der Waals surface area contributed by atoms with E-state index in [9.17, 15) is 14.8 Å². The van der Waals surface area contributed by atoms with E-state index in [0.717, 1.165) is 5.56 Å². The number of hydrogen-bond donors (Lipinski definition) is 3. The van der Waals surface area contributed by atoms with Crippen molar-refractivity contribution in [3.05, 3.63) is 96.1 Å². The summed E-state index contributed by atoms with van der Waals surface area (Å²) < 4.78 is 16.2. The van der Waals surface area contributed by atoms with Crippen LogP contribution in [-0.2, 0) is 20.7 Å². The molecular formula is C27H30N2O6. The molecule has 0 saturated heterocycles. The Labute approximate surface area is 204 Å². The highest BCUT2D eigenvalue weighted by atomic mass is 16.7. The highest BCUT2D eigenvalue weighted by Crippen LogP contribution is 2.21. The third-order valence-corrected chi connectivity index (χ3v) is 5.33. The summed E-state index contributed by atoms with van der Waals surface area (Å²) in [4.78, 5) is 25.3. The van der Waals surface area contributed by atoms with Crippen LogP contribution in [0.3, 0.4) is 0 Å². The largest absolute Gasteiger partial charge is 0.457 e. The third-order valence-electron chi connectivity index (χ3n) is 5.33. The van der Waals surface area contributed by atoms with Crippen LogP contribution < -0.4 is 15.5 Å². The molecule has 2 amide bonds. The Kier molecular flexibility index (Phi) is 10.3. The van der Waals surface area contributed by atoms with Crippen LogP contribution in [0.4, 0.5) is 0 Å². The number of hydroxylamine groups is 1. The highest BCUT2D eigenvalue weighted by molar-refractivity contribution is 5.94. The van der Waals surface area contributed by atoms with Crippen molar-refractivity contribution in [2.24, 2.45) is 5.92 Å². The molecule has 8 heteroatoms. The first-order chi connectivity index (χ1) is 17.1. The van der Waals surface area contributed by atoms with Gasteiger partial charge in [-0.3, -0.25) is 14.8 Å². The third kappa shape index (κ3) is 8.53. The number of ether oxygens (including phenoxy) is 3. The number of rotatable bonds is 13. The summed E-state index contributed by atoms with van der Waals surface area (Å²) in [6.45, 7) is 0.187. The minimum absolute atomic E-state index is 0.0490. The zero-order valence-electron chi connectivity index (χ0n) is 19.6. The van der Waals surface area contributed by atoms with Crippen molar-refractivity contribution in [2.75, 3.05) is 20.5 Å². The quantitative estimate of drug-likeness (QED) is 0.149. The summed E-state index contributed by atoms with van der Waals surface area (Å²) in [7, 11) is 1.50. The first kappa shape index (κ1) is 25.9. The van der Waals surface area contributed by atoms with Gasteiger partial charge in [0.2, 0.25) is 5.91 Å². The van der Waals surface area contributed by atoms with Gasteiger partial charge in [0.05, 0.1) is 12.6 Å². The van der Waals surface area contributed by atoms with Gasteiger partial charge < -0.3 is 19.5 Å². The zero-order valence-corrected chi connectivity index (χ0v) is 19.6. The first-order valence-electron chi connectivity index (χ1n) is 11.3. The van der Waals surface area contributed by atoms with Crippen molar-refractivity contribution in [1.29, 1.82) is 0 Å². The van der Waals surface area contributed by atoms with Crippen LogP contribution >= 0.6 is 0 Å². The fourth-order valence-electron chi connectivity index (χ4n) is 3.63. The number of carbonyl (C=O) groups is 2. The standard InChI is InChI=1S/C27H30N2O6/c1-33-19-34-18-23(17-22(27(31)29-32)16-20-8-4-2-5-9-20)28-26(30)21-12-14-25(15-13-21)35-24-10-6-3-7-11-24/h2-15,22-23,32H,16-19H2,1H3,(H,28,30)(H,29,31)/t22-,23-/m0/s1. The molecule has 0 fully saturated rings. The van der Waals surface area contributed by atoms with Gasteiger partial charge in [0.15, 0.2) is 0 Å². The summed E-state index contributed by atoms with van der Waals surface area (Å²) in [5.41, 5.74) is 3.12. The van der Waals surface area contributed by atoms with Crippen molar-refractivity contribution in [3.63, 3.8) is 0 Å². The lowest BCUT2D eigenvalue weighted by atomic mass is 9.92. The summed E-state index contributed by atoms with van der Waals surface area (Å²) in [5, 5.41) is 12.2. The Morgan fingerprint density at radius 1 is 0.886 bits per heavy atom. The van der Waals surface area contributed by atoms with E-state index in [0.29, 0.717) is 23.5 Å². The van der Waals surface area contributed by atoms with Gasteiger partial charge in [0.1, 0.15) is 18.3 Å². The normalized spacial score (nSPS) is 12.4. The smallest absolute Gasteiger partial charge is 0.251 e. The maximum atomic E-state index is 12.9. The van der Waals surface area contributed by atoms with Gasteiger partial charge in [-0.1, -0.05) is 48.5 Å². The van der Waals surface area contributed by atoms with Crippen LogP contribution in [0.2, 0.25) is 0 Å². The second kappa shape index (κ2) is 13.9. The topological polar surface area (TPSA) is 106 Å². The van der Waals surface area contributed by atoms with Gasteiger partial charge >= 0.3 is 0 Å². The van der Waals surface area contributed by atoms with E-state index >= 15 is 0 Å². The Morgan fingerprint density at radius 3 is 2.14 bits per heavy atom. The SMILES string of the molecule is COCOC[C@H](C[C@H](Cc1ccccc1)C(=O)NO)NC(=O)c1ccc(Oc2ccccc2)cc1. The van der Waals surface area contributed by atoms with Crippen LogP contribution in [0.15, 0.2) is 84.9 Å². The molecule has 0 aliphatic carbocycles. The molecule has 0 radical (unpaired) electrons. The minimum atomic E-state index is -0.583. The van der Waals surface area contributed by atoms with Gasteiger partial charge in [-0.25, -0.2) is 5.48 Å². The molecule has 8 nitrogen and oxygen atoms in total. The average molecular weight is 479 g/mol. The van der Waals surface area contributed by atoms with Gasteiger partial charge in [-0.05, 0) is 54.8 Å². The predicted octanol–water partition coefficient (Wildman–Crippen LogP) is 3.95. The summed E-state index contributed by atoms with van der Waals surface area (Å²) >= 11 is 0. The molecule has 0 saturated carbocycles. The van der Waals surface area contributed by atoms with Crippen molar-refractivity contribution in [1.82, 2.24) is 10.8 Å². The zero-order chi connectivity index (χ0) is 24.9. The van der Waals surface area contributed by atoms with Gasteiger partial charge in [0.25, 0.3) is 5.91 Å². The van der Waals surface area contributed by atoms with E-state index < -0.39 is 17.9 Å². The van der Waals surface area contributed by atoms with Crippen molar-refractivity contribution < 1.29 is 29.0 Å². The van der Waals surface area contributed by atoms with Crippen molar-refractivity contribution in [3.8, 4) is 11.5 Å². The molecule has 35 heavy (non-hydrogen) atoms. The van der Waals surface area contributed by atoms with E-state index in [2.05, 4.69) is 5.32 Å². The van der Waals surface area contributed by atoms with E-state index in [1.54, 1.807) is 29.7 Å². The summed E-state index contributed by atoms with van der Waals surface area (Å²) in [5.74, 6) is -0.116. The second-order valence-electron chi connectivity index (χ2n) is 7.99. The van der Waals surface area contributed by atoms with E-state index in [-0.39, 0.29) is 25.7 Å². The Balaban J connectivity index is 1.67. The van der Waals surface area contributed by atoms with Crippen LogP contribution in [0.1, 0.15) is 22.3 Å². The van der Waals surface area contributed by atoms with Gasteiger partial charge in [-0.2, -0.15) is 0 Å². The molecule has 0 bridgehead atoms. The minimum Gasteiger partial charge on any atom is -0.457 e. The van der Waals surface area contributed by atoms with Crippen LogP contribution in [0.25, 0.3) is 0 Å². The molecular weight excluding hydrogens is 448 g/mol. The molecule has 0 aromatic heterocycles. The average Bonchev–Trinajstić information content (AvgIpc) is 2.89. The second-order valence-corrected chi connectivity index (χ2v) is 7.99. The maximum absolute atomic E-state index is 12.9. The fraction of sp³-hybridized carbons (Fsp3) is 0.259. The molecule has 184 valence electrons. The first-order valence-corrected chi connectivity index (χ1v) is 11.3. The molecule has 3 N–H and O–H groups in total. The van der Waals surface area contributed by atoms with E-state index in [4.69, 9.17) is 14.2 Å². The molecule has 2 atom stereocenters. The van der Waals surface area contributed by atoms with Crippen LogP contribution in [0.5, 0.6) is 11.5 Å². The van der Waals surface area contributed by atoms with Gasteiger partial charge in [-0.15, -0.1) is 0 Å². The Morgan fingerprint density at radius 2 is 1.51 bits per heavy atom. The lowest BCUT2D eigenvalue weighted by Gasteiger charge is -2.23. The number of hydrogen-bond acceptors (Lipinski definition) is 6. The fourth-order valence-corrected chi connectivity index (χ4v) is 3.63. The summed E-state index contributed by atoms with van der Waals surface area (Å²) in [6, 6.07) is 25.1. The molecule has 3 aromatic carbocycles. The van der Waals surface area contributed by atoms with Crippen LogP contribution in [0, 0.1) is 5.92 Å². The van der Waals surface area contributed by atoms with Gasteiger partial charge in [0, 0.05) is 18.6 Å². The molecule has 0 heterocycles. The van der Waals surface area contributed by atoms with E-state index in [1.165, 1.54) is 7.11 Å². The number of methoxy groups -OCH3 is 1. The molecule has 0 spiro atoms. The number of amides is 2. The molecule has 3 aromatic rings. The lowest BCUT2D eigenvalue weighted by molar-refractivity contribution is -0.134. The van der Waals surface area contributed by atoms with Crippen molar-refractivity contribution in [2.45, 2.75) is 18.9 Å². The lowest BCUT2D eigenvalue weighted by Crippen LogP contribution is -2.42. The maximum Gasteiger partial charge on any atom is 0.251 e. The molecule has 0 unspecified atom stereocenters.